The molecule has 0 radical (unpaired) electrons. The summed E-state index contributed by atoms with van der Waals surface area (Å²) in [7, 11) is 1.48. The van der Waals surface area contributed by atoms with Crippen molar-refractivity contribution >= 4 is 5.82 Å². The van der Waals surface area contributed by atoms with Gasteiger partial charge in [-0.2, -0.15) is 0 Å². The smallest absolute Gasteiger partial charge is 0.168 e. The summed E-state index contributed by atoms with van der Waals surface area (Å²) in [6.45, 7) is 0.148. The Morgan fingerprint density at radius 2 is 2.06 bits per heavy atom. The SMILES string of the molecule is COCc1nc(N)cc(-c2cccc(F)c2F)n1. The topological polar surface area (TPSA) is 61.0 Å². The Kier molecular flexibility index (Phi) is 3.47. The lowest BCUT2D eigenvalue weighted by Crippen LogP contribution is -2.03. The second-order valence-corrected chi connectivity index (χ2v) is 3.63. The number of nitrogen functional groups attached to an aromatic ring is 1. The van der Waals surface area contributed by atoms with Gasteiger partial charge in [-0.15, -0.1) is 0 Å². The third kappa shape index (κ3) is 2.43. The molecule has 0 amide bonds. The van der Waals surface area contributed by atoms with Crippen LogP contribution < -0.4 is 5.73 Å². The number of halogens is 2. The largest absolute Gasteiger partial charge is 0.384 e. The molecule has 2 N–H and O–H groups in total. The first-order chi connectivity index (χ1) is 8.61. The van der Waals surface area contributed by atoms with Crippen molar-refractivity contribution in [3.63, 3.8) is 0 Å². The molecular formula is C12H11F2N3O. The van der Waals surface area contributed by atoms with Gasteiger partial charge in [0.1, 0.15) is 12.4 Å². The van der Waals surface area contributed by atoms with E-state index in [1.54, 1.807) is 0 Å². The van der Waals surface area contributed by atoms with Gasteiger partial charge in [-0.25, -0.2) is 18.7 Å². The lowest BCUT2D eigenvalue weighted by molar-refractivity contribution is 0.178. The van der Waals surface area contributed by atoms with Crippen molar-refractivity contribution in [1.82, 2.24) is 9.97 Å². The van der Waals surface area contributed by atoms with E-state index in [1.165, 1.54) is 25.3 Å². The third-order valence-electron chi connectivity index (χ3n) is 2.29. The van der Waals surface area contributed by atoms with Crippen molar-refractivity contribution in [2.75, 3.05) is 12.8 Å². The van der Waals surface area contributed by atoms with Crippen LogP contribution in [0.2, 0.25) is 0 Å². The molecule has 4 nitrogen and oxygen atoms in total. The summed E-state index contributed by atoms with van der Waals surface area (Å²) < 4.78 is 31.6. The molecule has 0 bridgehead atoms. The van der Waals surface area contributed by atoms with Crippen LogP contribution in [0, 0.1) is 11.6 Å². The highest BCUT2D eigenvalue weighted by molar-refractivity contribution is 5.62. The highest BCUT2D eigenvalue weighted by Crippen LogP contribution is 2.23. The molecular weight excluding hydrogens is 240 g/mol. The van der Waals surface area contributed by atoms with Gasteiger partial charge in [-0.05, 0) is 12.1 Å². The quantitative estimate of drug-likeness (QED) is 0.908. The summed E-state index contributed by atoms with van der Waals surface area (Å²) in [6, 6.07) is 5.26. The van der Waals surface area contributed by atoms with Crippen LogP contribution in [0.25, 0.3) is 11.3 Å². The molecule has 2 rings (SSSR count). The summed E-state index contributed by atoms with van der Waals surface area (Å²) in [5.41, 5.74) is 5.86. The van der Waals surface area contributed by atoms with Gasteiger partial charge in [-0.3, -0.25) is 0 Å². The fourth-order valence-corrected chi connectivity index (χ4v) is 1.55. The zero-order chi connectivity index (χ0) is 13.1. The summed E-state index contributed by atoms with van der Waals surface area (Å²) in [4.78, 5) is 8.00. The van der Waals surface area contributed by atoms with E-state index in [2.05, 4.69) is 9.97 Å². The minimum Gasteiger partial charge on any atom is -0.384 e. The molecule has 1 aromatic carbocycles. The molecule has 94 valence electrons. The second kappa shape index (κ2) is 5.05. The predicted molar refractivity (Wildman–Crippen MR) is 62.5 cm³/mol. The molecule has 0 unspecified atom stereocenters. The van der Waals surface area contributed by atoms with Crippen LogP contribution in [0.3, 0.4) is 0 Å². The summed E-state index contributed by atoms with van der Waals surface area (Å²) in [5.74, 6) is -1.40. The van der Waals surface area contributed by atoms with E-state index in [0.29, 0.717) is 5.82 Å². The molecule has 0 spiro atoms. The van der Waals surface area contributed by atoms with Crippen molar-refractivity contribution in [3.8, 4) is 11.3 Å². The fraction of sp³-hybridized carbons (Fsp3) is 0.167. The number of ether oxygens (including phenoxy) is 1. The van der Waals surface area contributed by atoms with Crippen LogP contribution in [0.15, 0.2) is 24.3 Å². The van der Waals surface area contributed by atoms with Gasteiger partial charge < -0.3 is 10.5 Å². The van der Waals surface area contributed by atoms with Gasteiger partial charge in [0, 0.05) is 18.7 Å². The monoisotopic (exact) mass is 251 g/mol. The third-order valence-corrected chi connectivity index (χ3v) is 2.29. The van der Waals surface area contributed by atoms with E-state index in [-0.39, 0.29) is 23.7 Å². The van der Waals surface area contributed by atoms with E-state index < -0.39 is 11.6 Å². The van der Waals surface area contributed by atoms with Crippen molar-refractivity contribution in [2.45, 2.75) is 6.61 Å². The van der Waals surface area contributed by atoms with Gasteiger partial charge in [-0.1, -0.05) is 6.07 Å². The van der Waals surface area contributed by atoms with Crippen LogP contribution in [0.4, 0.5) is 14.6 Å². The second-order valence-electron chi connectivity index (χ2n) is 3.63. The molecule has 6 heteroatoms. The van der Waals surface area contributed by atoms with E-state index in [9.17, 15) is 8.78 Å². The Morgan fingerprint density at radius 3 is 2.78 bits per heavy atom. The van der Waals surface area contributed by atoms with Crippen LogP contribution in [0.1, 0.15) is 5.82 Å². The number of rotatable bonds is 3. The van der Waals surface area contributed by atoms with Crippen molar-refractivity contribution in [1.29, 1.82) is 0 Å². The van der Waals surface area contributed by atoms with Crippen LogP contribution >= 0.6 is 0 Å². The number of hydrogen-bond donors (Lipinski definition) is 1. The minimum absolute atomic E-state index is 0.0430. The summed E-state index contributed by atoms with van der Waals surface area (Å²) in [6.07, 6.45) is 0. The molecule has 1 heterocycles. The molecule has 2 aromatic rings. The highest BCUT2D eigenvalue weighted by atomic mass is 19.2. The van der Waals surface area contributed by atoms with E-state index in [1.807, 2.05) is 0 Å². The molecule has 0 aliphatic heterocycles. The van der Waals surface area contributed by atoms with Gasteiger partial charge in [0.05, 0.1) is 5.69 Å². The fourth-order valence-electron chi connectivity index (χ4n) is 1.55. The van der Waals surface area contributed by atoms with Gasteiger partial charge >= 0.3 is 0 Å². The van der Waals surface area contributed by atoms with Crippen LogP contribution in [0.5, 0.6) is 0 Å². The summed E-state index contributed by atoms with van der Waals surface area (Å²) in [5, 5.41) is 0. The number of hydrogen-bond acceptors (Lipinski definition) is 4. The Bertz CT molecular complexity index is 575. The first-order valence-electron chi connectivity index (χ1n) is 5.18. The maximum absolute atomic E-state index is 13.6. The van der Waals surface area contributed by atoms with Crippen molar-refractivity contribution in [2.24, 2.45) is 0 Å². The van der Waals surface area contributed by atoms with Crippen molar-refractivity contribution in [3.05, 3.63) is 41.7 Å². The lowest BCUT2D eigenvalue weighted by Gasteiger charge is -2.06. The Labute approximate surface area is 102 Å². The zero-order valence-electron chi connectivity index (χ0n) is 9.65. The van der Waals surface area contributed by atoms with Crippen molar-refractivity contribution < 1.29 is 13.5 Å². The first-order valence-corrected chi connectivity index (χ1v) is 5.18. The standard InChI is InChI=1S/C12H11F2N3O/c1-18-6-11-16-9(5-10(15)17-11)7-3-2-4-8(13)12(7)14/h2-5H,6H2,1H3,(H2,15,16,17). The molecule has 0 saturated heterocycles. The highest BCUT2D eigenvalue weighted by Gasteiger charge is 2.12. The molecule has 0 atom stereocenters. The molecule has 0 aliphatic rings. The molecule has 0 aliphatic carbocycles. The number of aromatic nitrogens is 2. The summed E-state index contributed by atoms with van der Waals surface area (Å²) >= 11 is 0. The number of nitrogens with zero attached hydrogens (tertiary/aromatic N) is 2. The van der Waals surface area contributed by atoms with Gasteiger partial charge in [0.25, 0.3) is 0 Å². The van der Waals surface area contributed by atoms with E-state index in [0.717, 1.165) is 6.07 Å². The van der Waals surface area contributed by atoms with E-state index in [4.69, 9.17) is 10.5 Å². The molecule has 0 fully saturated rings. The maximum atomic E-state index is 13.6. The Balaban J connectivity index is 2.53. The maximum Gasteiger partial charge on any atom is 0.168 e. The Hall–Kier alpha value is -2.08. The lowest BCUT2D eigenvalue weighted by atomic mass is 10.1. The average molecular weight is 251 g/mol. The van der Waals surface area contributed by atoms with Gasteiger partial charge in [0.15, 0.2) is 17.5 Å². The molecule has 0 saturated carbocycles. The van der Waals surface area contributed by atoms with Crippen LogP contribution in [-0.4, -0.2) is 17.1 Å². The zero-order valence-corrected chi connectivity index (χ0v) is 9.65. The number of nitrogens with two attached hydrogens (primary N) is 1. The number of benzene rings is 1. The normalized spacial score (nSPS) is 10.6. The average Bonchev–Trinajstić information content (AvgIpc) is 2.32. The predicted octanol–water partition coefficient (Wildman–Crippen LogP) is 2.15. The van der Waals surface area contributed by atoms with Crippen LogP contribution in [-0.2, 0) is 11.3 Å². The van der Waals surface area contributed by atoms with Gasteiger partial charge in [0.2, 0.25) is 0 Å². The van der Waals surface area contributed by atoms with E-state index >= 15 is 0 Å². The number of anilines is 1. The molecule has 18 heavy (non-hydrogen) atoms. The number of methoxy groups -OCH3 is 1. The Morgan fingerprint density at radius 1 is 1.28 bits per heavy atom. The minimum atomic E-state index is -0.959. The first kappa shape index (κ1) is 12.4. The molecule has 1 aromatic heterocycles.